The van der Waals surface area contributed by atoms with E-state index < -0.39 is 17.9 Å². The second kappa shape index (κ2) is 5.21. The average molecular weight is 256 g/mol. The van der Waals surface area contributed by atoms with Crippen LogP contribution in [0.3, 0.4) is 0 Å². The largest absolute Gasteiger partial charge is 0.465 e. The number of carbonyl (C=O) groups excluding carboxylic acids is 3. The topological polar surface area (TPSA) is 121 Å². The van der Waals surface area contributed by atoms with Gasteiger partial charge in [-0.15, -0.1) is 0 Å². The highest BCUT2D eigenvalue weighted by Gasteiger charge is 2.29. The number of H-pyrrole nitrogens is 1. The number of hydrogen-bond acceptors (Lipinski definition) is 7. The molecule has 0 radical (unpaired) electrons. The lowest BCUT2D eigenvalue weighted by Gasteiger charge is -2.01. The van der Waals surface area contributed by atoms with Crippen molar-refractivity contribution < 1.29 is 28.6 Å². The summed E-state index contributed by atoms with van der Waals surface area (Å²) in [5, 5.41) is 0. The van der Waals surface area contributed by atoms with Gasteiger partial charge in [-0.25, -0.2) is 14.4 Å². The first kappa shape index (κ1) is 13.6. The lowest BCUT2D eigenvalue weighted by Crippen LogP contribution is -2.11. The molecule has 1 aromatic rings. The van der Waals surface area contributed by atoms with E-state index in [1.54, 1.807) is 0 Å². The Bertz CT molecular complexity index is 505. The molecule has 0 aliphatic rings. The zero-order chi connectivity index (χ0) is 13.9. The number of nitrogens with one attached hydrogen (secondary N) is 1. The Labute approximate surface area is 102 Å². The van der Waals surface area contributed by atoms with Crippen LogP contribution >= 0.6 is 0 Å². The maximum atomic E-state index is 11.5. The maximum absolute atomic E-state index is 11.5. The molecule has 0 fully saturated rings. The van der Waals surface area contributed by atoms with E-state index >= 15 is 0 Å². The Morgan fingerprint density at radius 1 is 0.889 bits per heavy atom. The molecular weight excluding hydrogens is 244 g/mol. The van der Waals surface area contributed by atoms with Crippen LogP contribution < -0.4 is 5.73 Å². The molecule has 8 heteroatoms. The Morgan fingerprint density at radius 2 is 1.33 bits per heavy atom. The van der Waals surface area contributed by atoms with Gasteiger partial charge in [0.05, 0.1) is 27.0 Å². The van der Waals surface area contributed by atoms with Crippen LogP contribution in [0.25, 0.3) is 0 Å². The number of methoxy groups -OCH3 is 3. The molecule has 1 aromatic heterocycles. The average Bonchev–Trinajstić information content (AvgIpc) is 2.73. The molecule has 0 atom stereocenters. The van der Waals surface area contributed by atoms with Crippen molar-refractivity contribution in [2.45, 2.75) is 0 Å². The first-order valence-electron chi connectivity index (χ1n) is 4.74. The zero-order valence-corrected chi connectivity index (χ0v) is 10.0. The summed E-state index contributed by atoms with van der Waals surface area (Å²) >= 11 is 0. The van der Waals surface area contributed by atoms with E-state index in [1.807, 2.05) is 0 Å². The molecule has 0 bridgehead atoms. The van der Waals surface area contributed by atoms with Crippen LogP contribution in [0, 0.1) is 0 Å². The van der Waals surface area contributed by atoms with Crippen molar-refractivity contribution in [2.24, 2.45) is 0 Å². The minimum absolute atomic E-state index is 0.210. The molecule has 8 nitrogen and oxygen atoms in total. The van der Waals surface area contributed by atoms with Gasteiger partial charge in [0.1, 0.15) is 17.0 Å². The lowest BCUT2D eigenvalue weighted by molar-refractivity contribution is 0.0552. The fourth-order valence-corrected chi connectivity index (χ4v) is 1.35. The summed E-state index contributed by atoms with van der Waals surface area (Å²) < 4.78 is 13.4. The van der Waals surface area contributed by atoms with Crippen LogP contribution in [-0.4, -0.2) is 44.2 Å². The highest BCUT2D eigenvalue weighted by atomic mass is 16.5. The summed E-state index contributed by atoms with van der Waals surface area (Å²) in [6.07, 6.45) is 0. The number of aromatic amines is 1. The van der Waals surface area contributed by atoms with Crippen LogP contribution in [0.15, 0.2) is 0 Å². The van der Waals surface area contributed by atoms with Gasteiger partial charge < -0.3 is 24.9 Å². The Balaban J connectivity index is 3.45. The van der Waals surface area contributed by atoms with E-state index in [4.69, 9.17) is 5.73 Å². The van der Waals surface area contributed by atoms with E-state index in [2.05, 4.69) is 19.2 Å². The van der Waals surface area contributed by atoms with Crippen LogP contribution in [-0.2, 0) is 14.2 Å². The minimum atomic E-state index is -0.862. The summed E-state index contributed by atoms with van der Waals surface area (Å²) in [7, 11) is 3.38. The standard InChI is InChI=1S/C10H12N2O6/c1-16-8(13)4-5(11)7(10(15)18-3)12-6(4)9(14)17-2/h12H,11H2,1-3H3. The molecule has 3 N–H and O–H groups in total. The van der Waals surface area contributed by atoms with E-state index in [0.717, 1.165) is 21.3 Å². The first-order chi connectivity index (χ1) is 8.47. The monoisotopic (exact) mass is 256 g/mol. The third-order valence-corrected chi connectivity index (χ3v) is 2.21. The smallest absolute Gasteiger partial charge is 0.356 e. The van der Waals surface area contributed by atoms with E-state index in [9.17, 15) is 14.4 Å². The Kier molecular flexibility index (Phi) is 3.93. The SMILES string of the molecule is COC(=O)c1[nH]c(C(=O)OC)c(C(=O)OC)c1N. The zero-order valence-electron chi connectivity index (χ0n) is 10.0. The molecule has 0 spiro atoms. The van der Waals surface area contributed by atoms with E-state index in [-0.39, 0.29) is 22.6 Å². The van der Waals surface area contributed by atoms with Gasteiger partial charge >= 0.3 is 17.9 Å². The second-order valence-electron chi connectivity index (χ2n) is 3.14. The van der Waals surface area contributed by atoms with Gasteiger partial charge in [-0.1, -0.05) is 0 Å². The molecule has 18 heavy (non-hydrogen) atoms. The number of nitrogen functional groups attached to an aromatic ring is 1. The molecule has 1 rings (SSSR count). The minimum Gasteiger partial charge on any atom is -0.465 e. The fraction of sp³-hybridized carbons (Fsp3) is 0.300. The third-order valence-electron chi connectivity index (χ3n) is 2.21. The molecule has 0 aromatic carbocycles. The van der Waals surface area contributed by atoms with Crippen molar-refractivity contribution in [3.8, 4) is 0 Å². The number of hydrogen-bond donors (Lipinski definition) is 2. The van der Waals surface area contributed by atoms with Crippen molar-refractivity contribution in [3.63, 3.8) is 0 Å². The summed E-state index contributed by atoms with van der Waals surface area (Å²) in [5.74, 6) is -2.52. The van der Waals surface area contributed by atoms with Crippen molar-refractivity contribution >= 4 is 23.6 Å². The molecule has 0 aliphatic heterocycles. The van der Waals surface area contributed by atoms with Crippen molar-refractivity contribution in [2.75, 3.05) is 27.1 Å². The molecule has 0 saturated heterocycles. The number of rotatable bonds is 3. The van der Waals surface area contributed by atoms with Gasteiger partial charge in [-0.2, -0.15) is 0 Å². The summed E-state index contributed by atoms with van der Waals surface area (Å²) in [5.41, 5.74) is 4.65. The number of nitrogens with two attached hydrogens (primary N) is 1. The molecular formula is C10H12N2O6. The van der Waals surface area contributed by atoms with Crippen molar-refractivity contribution in [3.05, 3.63) is 17.0 Å². The van der Waals surface area contributed by atoms with E-state index in [0.29, 0.717) is 0 Å². The first-order valence-corrected chi connectivity index (χ1v) is 4.74. The Hall–Kier alpha value is -2.51. The number of anilines is 1. The van der Waals surface area contributed by atoms with Crippen molar-refractivity contribution in [1.82, 2.24) is 4.98 Å². The second-order valence-corrected chi connectivity index (χ2v) is 3.14. The van der Waals surface area contributed by atoms with Gasteiger partial charge in [0, 0.05) is 0 Å². The molecule has 0 aliphatic carbocycles. The van der Waals surface area contributed by atoms with Gasteiger partial charge in [0.2, 0.25) is 0 Å². The van der Waals surface area contributed by atoms with Gasteiger partial charge in [0.25, 0.3) is 0 Å². The molecule has 0 unspecified atom stereocenters. The fourth-order valence-electron chi connectivity index (χ4n) is 1.35. The number of ether oxygens (including phenoxy) is 3. The third kappa shape index (κ3) is 2.12. The highest BCUT2D eigenvalue weighted by molar-refractivity contribution is 6.10. The molecule has 0 amide bonds. The van der Waals surface area contributed by atoms with E-state index in [1.165, 1.54) is 0 Å². The van der Waals surface area contributed by atoms with Gasteiger partial charge in [-0.3, -0.25) is 0 Å². The number of carbonyl (C=O) groups is 3. The number of esters is 3. The van der Waals surface area contributed by atoms with Crippen LogP contribution in [0.2, 0.25) is 0 Å². The van der Waals surface area contributed by atoms with Crippen molar-refractivity contribution in [1.29, 1.82) is 0 Å². The lowest BCUT2D eigenvalue weighted by atomic mass is 10.2. The normalized spacial score (nSPS) is 9.72. The highest BCUT2D eigenvalue weighted by Crippen LogP contribution is 2.24. The maximum Gasteiger partial charge on any atom is 0.356 e. The van der Waals surface area contributed by atoms with Crippen LogP contribution in [0.5, 0.6) is 0 Å². The predicted molar refractivity (Wildman–Crippen MR) is 59.2 cm³/mol. The van der Waals surface area contributed by atoms with Crippen LogP contribution in [0.4, 0.5) is 5.69 Å². The molecule has 1 heterocycles. The quantitative estimate of drug-likeness (QED) is 0.574. The van der Waals surface area contributed by atoms with Gasteiger partial charge in [0.15, 0.2) is 0 Å². The number of aromatic nitrogens is 1. The van der Waals surface area contributed by atoms with Crippen LogP contribution in [0.1, 0.15) is 31.3 Å². The predicted octanol–water partition coefficient (Wildman–Crippen LogP) is -0.0433. The summed E-state index contributed by atoms with van der Waals surface area (Å²) in [6, 6.07) is 0. The summed E-state index contributed by atoms with van der Waals surface area (Å²) in [6.45, 7) is 0. The van der Waals surface area contributed by atoms with Gasteiger partial charge in [-0.05, 0) is 0 Å². The summed E-state index contributed by atoms with van der Waals surface area (Å²) in [4.78, 5) is 36.8. The molecule has 0 saturated carbocycles. The Morgan fingerprint density at radius 3 is 1.78 bits per heavy atom. The molecule has 98 valence electrons.